The maximum atomic E-state index is 13.1. The van der Waals surface area contributed by atoms with Crippen molar-refractivity contribution < 1.29 is 14.3 Å². The van der Waals surface area contributed by atoms with Gasteiger partial charge in [0, 0.05) is 48.7 Å². The van der Waals surface area contributed by atoms with Crippen molar-refractivity contribution in [2.75, 3.05) is 32.7 Å². The molecule has 5 rings (SSSR count). The van der Waals surface area contributed by atoms with E-state index in [0.717, 1.165) is 32.2 Å². The molecule has 0 saturated carbocycles. The maximum Gasteiger partial charge on any atom is 0.264 e. The highest BCUT2D eigenvalue weighted by molar-refractivity contribution is 7.17. The fourth-order valence-electron chi connectivity index (χ4n) is 4.13. The minimum absolute atomic E-state index is 0.0122. The lowest BCUT2D eigenvalue weighted by Gasteiger charge is -2.34. The molecule has 0 atom stereocenters. The number of nitrogens with zero attached hydrogens (tertiary/aromatic N) is 2. The molecule has 3 aromatic rings. The second-order valence-corrected chi connectivity index (χ2v) is 9.13. The molecule has 1 aromatic heterocycles. The lowest BCUT2D eigenvalue weighted by molar-refractivity contribution is -0.122. The topological polar surface area (TPSA) is 61.9 Å². The van der Waals surface area contributed by atoms with Crippen LogP contribution in [0.1, 0.15) is 20.8 Å². The van der Waals surface area contributed by atoms with E-state index in [1.165, 1.54) is 0 Å². The van der Waals surface area contributed by atoms with Gasteiger partial charge >= 0.3 is 0 Å². The Morgan fingerprint density at radius 1 is 0.969 bits per heavy atom. The molecule has 2 aromatic carbocycles. The summed E-state index contributed by atoms with van der Waals surface area (Å²) >= 11 is 1.55. The molecule has 7 heteroatoms. The number of carbonyl (C=O) groups excluding carboxylic acids is 2. The third-order valence-corrected chi connectivity index (χ3v) is 7.09. The van der Waals surface area contributed by atoms with Crippen LogP contribution in [0.15, 0.2) is 60.7 Å². The van der Waals surface area contributed by atoms with E-state index in [4.69, 9.17) is 4.74 Å². The van der Waals surface area contributed by atoms with Crippen LogP contribution < -0.4 is 10.1 Å². The molecule has 0 bridgehead atoms. The highest BCUT2D eigenvalue weighted by Crippen LogP contribution is 2.42. The molecule has 1 saturated heterocycles. The van der Waals surface area contributed by atoms with Crippen molar-refractivity contribution in [3.8, 4) is 16.2 Å². The second-order valence-electron chi connectivity index (χ2n) is 8.08. The van der Waals surface area contributed by atoms with E-state index in [1.54, 1.807) is 11.3 Å². The Morgan fingerprint density at radius 3 is 2.53 bits per heavy atom. The predicted molar refractivity (Wildman–Crippen MR) is 125 cm³/mol. The van der Waals surface area contributed by atoms with Gasteiger partial charge in [0.05, 0.1) is 11.4 Å². The third-order valence-electron chi connectivity index (χ3n) is 5.89. The van der Waals surface area contributed by atoms with E-state index in [0.29, 0.717) is 45.9 Å². The summed E-state index contributed by atoms with van der Waals surface area (Å²) in [4.78, 5) is 31.3. The van der Waals surface area contributed by atoms with Crippen LogP contribution in [-0.4, -0.2) is 54.3 Å². The number of piperazine rings is 1. The second kappa shape index (κ2) is 9.14. The van der Waals surface area contributed by atoms with Crippen molar-refractivity contribution in [2.24, 2.45) is 0 Å². The van der Waals surface area contributed by atoms with E-state index < -0.39 is 0 Å². The van der Waals surface area contributed by atoms with Crippen molar-refractivity contribution in [3.63, 3.8) is 0 Å². The average molecular weight is 448 g/mol. The van der Waals surface area contributed by atoms with Gasteiger partial charge in [0.25, 0.3) is 5.91 Å². The number of hydrogen-bond donors (Lipinski definition) is 1. The molecule has 1 fully saturated rings. The van der Waals surface area contributed by atoms with Crippen molar-refractivity contribution in [1.82, 2.24) is 15.1 Å². The average Bonchev–Trinajstić information content (AvgIpc) is 3.28. The zero-order valence-electron chi connectivity index (χ0n) is 17.8. The largest absolute Gasteiger partial charge is 0.488 e. The minimum Gasteiger partial charge on any atom is -0.488 e. The number of benzene rings is 2. The summed E-state index contributed by atoms with van der Waals surface area (Å²) in [6, 6.07) is 19.8. The van der Waals surface area contributed by atoms with Gasteiger partial charge in [-0.1, -0.05) is 42.5 Å². The fraction of sp³-hybridized carbons (Fsp3) is 0.280. The number of ether oxygens (including phenoxy) is 1. The fourth-order valence-corrected chi connectivity index (χ4v) is 5.29. The first-order valence-corrected chi connectivity index (χ1v) is 11.7. The van der Waals surface area contributed by atoms with E-state index in [9.17, 15) is 9.59 Å². The molecule has 1 N–H and O–H groups in total. The first-order valence-electron chi connectivity index (χ1n) is 10.8. The minimum atomic E-state index is 0.0122. The zero-order valence-corrected chi connectivity index (χ0v) is 18.6. The van der Waals surface area contributed by atoms with Gasteiger partial charge in [-0.05, 0) is 23.8 Å². The number of hydrogen-bond acceptors (Lipinski definition) is 5. The van der Waals surface area contributed by atoms with Crippen LogP contribution in [0.3, 0.4) is 0 Å². The monoisotopic (exact) mass is 447 g/mol. The smallest absolute Gasteiger partial charge is 0.264 e. The first kappa shape index (κ1) is 20.7. The molecule has 0 radical (unpaired) electrons. The van der Waals surface area contributed by atoms with Gasteiger partial charge in [0.2, 0.25) is 5.91 Å². The Labute approximate surface area is 191 Å². The van der Waals surface area contributed by atoms with Crippen LogP contribution in [-0.2, 0) is 17.9 Å². The number of fused-ring (bicyclic) bond motifs is 3. The van der Waals surface area contributed by atoms with Crippen molar-refractivity contribution in [1.29, 1.82) is 0 Å². The van der Waals surface area contributed by atoms with Gasteiger partial charge in [-0.3, -0.25) is 14.5 Å². The molecular weight excluding hydrogens is 422 g/mol. The summed E-state index contributed by atoms with van der Waals surface area (Å²) in [5.41, 5.74) is 3.22. The van der Waals surface area contributed by atoms with Crippen LogP contribution in [0.25, 0.3) is 10.4 Å². The summed E-state index contributed by atoms with van der Waals surface area (Å²) in [7, 11) is 0. The molecule has 0 spiro atoms. The van der Waals surface area contributed by atoms with Gasteiger partial charge in [-0.25, -0.2) is 0 Å². The highest BCUT2D eigenvalue weighted by atomic mass is 32.1. The lowest BCUT2D eigenvalue weighted by atomic mass is 10.1. The predicted octanol–water partition coefficient (Wildman–Crippen LogP) is 3.38. The maximum absolute atomic E-state index is 13.1. The van der Waals surface area contributed by atoms with Crippen LogP contribution in [0, 0.1) is 0 Å². The lowest BCUT2D eigenvalue weighted by Crippen LogP contribution is -2.51. The molecule has 0 aliphatic carbocycles. The molecule has 32 heavy (non-hydrogen) atoms. The number of para-hydroxylation sites is 1. The SMILES string of the molecule is O=C(CN1CCN(C(=O)c2cc3c(s2)-c2ccccc2OC3)CC1)NCc1ccccc1. The Hall–Kier alpha value is -3.16. The number of nitrogens with one attached hydrogen (secondary N) is 1. The quantitative estimate of drug-likeness (QED) is 0.651. The van der Waals surface area contributed by atoms with Crippen molar-refractivity contribution in [2.45, 2.75) is 13.2 Å². The van der Waals surface area contributed by atoms with Crippen LogP contribution in [0.5, 0.6) is 5.75 Å². The number of amides is 2. The van der Waals surface area contributed by atoms with Crippen LogP contribution >= 0.6 is 11.3 Å². The van der Waals surface area contributed by atoms with E-state index in [1.807, 2.05) is 65.6 Å². The molecule has 6 nitrogen and oxygen atoms in total. The molecule has 2 aliphatic rings. The van der Waals surface area contributed by atoms with Crippen LogP contribution in [0.4, 0.5) is 0 Å². The molecule has 164 valence electrons. The van der Waals surface area contributed by atoms with E-state index in [2.05, 4.69) is 10.2 Å². The van der Waals surface area contributed by atoms with Crippen molar-refractivity contribution in [3.05, 3.63) is 76.7 Å². The van der Waals surface area contributed by atoms with E-state index in [-0.39, 0.29) is 11.8 Å². The first-order chi connectivity index (χ1) is 15.7. The highest BCUT2D eigenvalue weighted by Gasteiger charge is 2.27. The van der Waals surface area contributed by atoms with Gasteiger partial charge in [0.1, 0.15) is 12.4 Å². The Morgan fingerprint density at radius 2 is 1.72 bits per heavy atom. The summed E-state index contributed by atoms with van der Waals surface area (Å²) in [6.07, 6.45) is 0. The zero-order chi connectivity index (χ0) is 21.9. The Balaban J connectivity index is 1.15. The Bertz CT molecular complexity index is 1120. The number of rotatable bonds is 5. The standard InChI is InChI=1S/C25H25N3O3S/c29-23(26-15-18-6-2-1-3-7-18)16-27-10-12-28(13-11-27)25(30)22-14-19-17-31-21-9-5-4-8-20(21)24(19)32-22/h1-9,14H,10-13,15-17H2,(H,26,29). The van der Waals surface area contributed by atoms with Gasteiger partial charge < -0.3 is 15.0 Å². The molecular formula is C25H25N3O3S. The molecule has 3 heterocycles. The molecule has 0 unspecified atom stereocenters. The van der Waals surface area contributed by atoms with Gasteiger partial charge in [-0.15, -0.1) is 11.3 Å². The van der Waals surface area contributed by atoms with Gasteiger partial charge in [0.15, 0.2) is 0 Å². The summed E-state index contributed by atoms with van der Waals surface area (Å²) in [5, 5.41) is 2.97. The van der Waals surface area contributed by atoms with Gasteiger partial charge in [-0.2, -0.15) is 0 Å². The third kappa shape index (κ3) is 4.40. The summed E-state index contributed by atoms with van der Waals surface area (Å²) in [6.45, 7) is 4.04. The summed E-state index contributed by atoms with van der Waals surface area (Å²) in [5.74, 6) is 0.952. The van der Waals surface area contributed by atoms with Crippen molar-refractivity contribution >= 4 is 23.2 Å². The number of carbonyl (C=O) groups is 2. The normalized spacial score (nSPS) is 15.4. The Kier molecular flexibility index (Phi) is 5.92. The molecule has 2 aliphatic heterocycles. The molecule has 2 amide bonds. The van der Waals surface area contributed by atoms with Crippen LogP contribution in [0.2, 0.25) is 0 Å². The van der Waals surface area contributed by atoms with E-state index >= 15 is 0 Å². The number of thiophene rings is 1. The summed E-state index contributed by atoms with van der Waals surface area (Å²) < 4.78 is 5.82.